The molecule has 0 radical (unpaired) electrons. The van der Waals surface area contributed by atoms with Crippen molar-refractivity contribution in [1.82, 2.24) is 20.6 Å². The maximum atomic E-state index is 5.07. The van der Waals surface area contributed by atoms with E-state index in [1.54, 1.807) is 24.9 Å². The zero-order chi connectivity index (χ0) is 26.9. The van der Waals surface area contributed by atoms with E-state index >= 15 is 0 Å². The fourth-order valence-electron chi connectivity index (χ4n) is 3.44. The van der Waals surface area contributed by atoms with Gasteiger partial charge in [0.15, 0.2) is 0 Å². The lowest BCUT2D eigenvalue weighted by Gasteiger charge is -2.08. The second-order valence-electron chi connectivity index (χ2n) is 8.96. The van der Waals surface area contributed by atoms with Crippen molar-refractivity contribution in [1.29, 1.82) is 0 Å². The molecule has 7 heterocycles. The maximum Gasteiger partial charge on any atom is 0.0902 e. The Labute approximate surface area is 231 Å². The summed E-state index contributed by atoms with van der Waals surface area (Å²) in [6, 6.07) is 13.3. The third-order valence-corrected chi connectivity index (χ3v) is 5.56. The third-order valence-electron chi connectivity index (χ3n) is 5.56. The van der Waals surface area contributed by atoms with Crippen LogP contribution >= 0.6 is 0 Å². The Balaban J connectivity index is 0.000000222. The minimum absolute atomic E-state index is 1.00. The quantitative estimate of drug-likeness (QED) is 0.309. The molecule has 7 nitrogen and oxygen atoms in total. The molecule has 4 aliphatic heterocycles. The van der Waals surface area contributed by atoms with E-state index in [2.05, 4.69) is 25.0 Å². The van der Waals surface area contributed by atoms with Gasteiger partial charge in [-0.15, -0.1) is 0 Å². The average Bonchev–Trinajstić information content (AvgIpc) is 3.88. The van der Waals surface area contributed by atoms with Crippen molar-refractivity contribution < 1.29 is 13.9 Å². The zero-order valence-electron chi connectivity index (χ0n) is 23.4. The van der Waals surface area contributed by atoms with Gasteiger partial charge >= 0.3 is 0 Å². The number of furan rings is 1. The van der Waals surface area contributed by atoms with Gasteiger partial charge in [-0.2, -0.15) is 0 Å². The molecule has 4 fully saturated rings. The van der Waals surface area contributed by atoms with Crippen LogP contribution in [-0.4, -0.2) is 62.6 Å². The minimum atomic E-state index is 1.00. The molecule has 0 unspecified atom stereocenters. The van der Waals surface area contributed by atoms with Crippen LogP contribution in [0.15, 0.2) is 84.2 Å². The van der Waals surface area contributed by atoms with E-state index in [0.717, 1.165) is 26.4 Å². The van der Waals surface area contributed by atoms with Crippen LogP contribution in [0.4, 0.5) is 0 Å². The highest BCUT2D eigenvalue weighted by molar-refractivity contribution is 4.88. The lowest BCUT2D eigenvalue weighted by Crippen LogP contribution is -2.21. The van der Waals surface area contributed by atoms with Crippen LogP contribution in [-0.2, 0) is 9.47 Å². The molecule has 0 aliphatic carbocycles. The van der Waals surface area contributed by atoms with Crippen molar-refractivity contribution in [2.24, 2.45) is 0 Å². The number of rotatable bonds is 0. The molecule has 0 spiro atoms. The minimum Gasteiger partial charge on any atom is -0.473 e. The number of hydrogen-bond donors (Lipinski definition) is 3. The van der Waals surface area contributed by atoms with Crippen LogP contribution in [0.2, 0.25) is 0 Å². The van der Waals surface area contributed by atoms with Gasteiger partial charge < -0.3 is 29.5 Å². The van der Waals surface area contributed by atoms with Crippen LogP contribution in [0, 0.1) is 0 Å². The Morgan fingerprint density at radius 1 is 0.447 bits per heavy atom. The zero-order valence-corrected chi connectivity index (χ0v) is 23.4. The summed E-state index contributed by atoms with van der Waals surface area (Å²) >= 11 is 0. The number of nitrogens with zero attached hydrogens (tertiary/aromatic N) is 1. The predicted octanol–water partition coefficient (Wildman–Crippen LogP) is 6.49. The van der Waals surface area contributed by atoms with Gasteiger partial charge in [0.1, 0.15) is 0 Å². The first-order valence-electron chi connectivity index (χ1n) is 14.5. The molecule has 3 aromatic rings. The van der Waals surface area contributed by atoms with Gasteiger partial charge in [0, 0.05) is 51.2 Å². The standard InChI is InChI=1S/C5H11N.C5H5N.C5H10O.C4H9N.C4H5N.C4H8O.C4H4O/c3*1-2-4-6-5-3-1;4*1-2-4-5-3-1/h6H,1-5H2;1-5H;1-5H2;5H,1-4H2;1-5H;1-4H2;1-4H. The summed E-state index contributed by atoms with van der Waals surface area (Å²) in [4.78, 5) is 6.65. The largest absolute Gasteiger partial charge is 0.473 e. The van der Waals surface area contributed by atoms with Crippen molar-refractivity contribution in [2.75, 3.05) is 52.6 Å². The van der Waals surface area contributed by atoms with Gasteiger partial charge in [0.2, 0.25) is 0 Å². The van der Waals surface area contributed by atoms with Crippen LogP contribution in [0.5, 0.6) is 0 Å². The molecule has 4 aliphatic rings. The molecule has 0 saturated carbocycles. The smallest absolute Gasteiger partial charge is 0.0902 e. The monoisotopic (exact) mass is 528 g/mol. The molecule has 0 amide bonds. The second kappa shape index (κ2) is 30.8. The number of nitrogens with one attached hydrogen (secondary N) is 3. The number of aromatic amines is 1. The van der Waals surface area contributed by atoms with E-state index in [0.29, 0.717) is 0 Å². The molecule has 0 atom stereocenters. The number of ether oxygens (including phenoxy) is 2. The Hall–Kier alpha value is -2.45. The van der Waals surface area contributed by atoms with Crippen molar-refractivity contribution in [3.05, 3.63) is 79.8 Å². The first-order valence-corrected chi connectivity index (χ1v) is 14.5. The molecular formula is C31H52N4O3. The fourth-order valence-corrected chi connectivity index (χ4v) is 3.44. The molecule has 3 N–H and O–H groups in total. The molecule has 0 bridgehead atoms. The topological polar surface area (TPSA) is 84.3 Å². The van der Waals surface area contributed by atoms with Crippen LogP contribution in [0.1, 0.15) is 64.2 Å². The molecule has 4 saturated heterocycles. The Morgan fingerprint density at radius 3 is 1.08 bits per heavy atom. The first-order chi connectivity index (χ1) is 19.0. The molecular weight excluding hydrogens is 476 g/mol. The summed E-state index contributed by atoms with van der Waals surface area (Å²) in [5.74, 6) is 0. The SMILES string of the molecule is C1CCNC1.C1CCNCC1.C1CCOC1.C1CCOCC1.c1cc[nH]c1.c1ccncc1.c1ccoc1. The van der Waals surface area contributed by atoms with Crippen molar-refractivity contribution in [3.63, 3.8) is 0 Å². The highest BCUT2D eigenvalue weighted by Gasteiger charge is 1.96. The predicted molar refractivity (Wildman–Crippen MR) is 157 cm³/mol. The summed E-state index contributed by atoms with van der Waals surface area (Å²) in [5.41, 5.74) is 0. The van der Waals surface area contributed by atoms with Crippen molar-refractivity contribution in [2.45, 2.75) is 64.2 Å². The highest BCUT2D eigenvalue weighted by Crippen LogP contribution is 2.02. The highest BCUT2D eigenvalue weighted by atomic mass is 16.5. The number of aromatic nitrogens is 2. The lowest BCUT2D eigenvalue weighted by atomic mass is 10.2. The lowest BCUT2D eigenvalue weighted by molar-refractivity contribution is 0.0968. The molecule has 7 heteroatoms. The van der Waals surface area contributed by atoms with Crippen LogP contribution in [0.3, 0.4) is 0 Å². The molecule has 38 heavy (non-hydrogen) atoms. The summed E-state index contributed by atoms with van der Waals surface area (Å²) in [6.07, 6.45) is 24.0. The Morgan fingerprint density at radius 2 is 0.895 bits per heavy atom. The van der Waals surface area contributed by atoms with Gasteiger partial charge in [-0.3, -0.25) is 4.98 Å². The van der Waals surface area contributed by atoms with E-state index in [1.165, 1.54) is 90.4 Å². The molecule has 7 rings (SSSR count). The van der Waals surface area contributed by atoms with Crippen molar-refractivity contribution in [3.8, 4) is 0 Å². The Kier molecular flexibility index (Phi) is 27.2. The Bertz CT molecular complexity index is 563. The fraction of sp³-hybridized carbons (Fsp3) is 0.581. The second-order valence-corrected chi connectivity index (χ2v) is 8.96. The van der Waals surface area contributed by atoms with Crippen molar-refractivity contribution >= 4 is 0 Å². The van der Waals surface area contributed by atoms with E-state index in [1.807, 2.05) is 54.9 Å². The third kappa shape index (κ3) is 28.1. The number of piperidine rings is 1. The number of pyridine rings is 1. The summed E-state index contributed by atoms with van der Waals surface area (Å²) in [6.45, 7) is 9.00. The van der Waals surface area contributed by atoms with Crippen LogP contribution in [0.25, 0.3) is 0 Å². The number of H-pyrrole nitrogens is 1. The van der Waals surface area contributed by atoms with E-state index < -0.39 is 0 Å². The summed E-state index contributed by atoms with van der Waals surface area (Å²) in [5, 5.41) is 6.51. The first kappa shape index (κ1) is 33.6. The summed E-state index contributed by atoms with van der Waals surface area (Å²) in [7, 11) is 0. The van der Waals surface area contributed by atoms with E-state index in [-0.39, 0.29) is 0 Å². The van der Waals surface area contributed by atoms with Gasteiger partial charge in [-0.1, -0.05) is 12.5 Å². The molecule has 214 valence electrons. The maximum absolute atomic E-state index is 5.07. The molecule has 0 aromatic carbocycles. The summed E-state index contributed by atoms with van der Waals surface area (Å²) < 4.78 is 14.6. The van der Waals surface area contributed by atoms with Gasteiger partial charge in [-0.25, -0.2) is 0 Å². The van der Waals surface area contributed by atoms with E-state index in [4.69, 9.17) is 9.47 Å². The number of hydrogen-bond acceptors (Lipinski definition) is 6. The molecule has 3 aromatic heterocycles. The van der Waals surface area contributed by atoms with E-state index in [9.17, 15) is 0 Å². The van der Waals surface area contributed by atoms with Crippen LogP contribution < -0.4 is 10.6 Å². The van der Waals surface area contributed by atoms with Gasteiger partial charge in [-0.05, 0) is 120 Å². The normalized spacial score (nSPS) is 17.3. The average molecular weight is 529 g/mol. The van der Waals surface area contributed by atoms with Gasteiger partial charge in [0.25, 0.3) is 0 Å². The van der Waals surface area contributed by atoms with Gasteiger partial charge in [0.05, 0.1) is 12.5 Å².